The van der Waals surface area contributed by atoms with E-state index in [1.54, 1.807) is 54.6 Å². The largest absolute Gasteiger partial charge is 0.462 e. The van der Waals surface area contributed by atoms with Crippen molar-refractivity contribution < 1.29 is 39.4 Å². The van der Waals surface area contributed by atoms with Crippen LogP contribution in [0.1, 0.15) is 15.9 Å². The second-order valence-electron chi connectivity index (χ2n) is 6.36. The van der Waals surface area contributed by atoms with Crippen molar-refractivity contribution in [1.29, 1.82) is 0 Å². The Morgan fingerprint density at radius 3 is 2.32 bits per heavy atom. The first-order valence-corrected chi connectivity index (χ1v) is 8.78. The van der Waals surface area contributed by atoms with Crippen LogP contribution in [0.4, 0.5) is 0 Å². The van der Waals surface area contributed by atoms with Crippen LogP contribution in [0.2, 0.25) is 0 Å². The smallest absolute Gasteiger partial charge is 0.338 e. The summed E-state index contributed by atoms with van der Waals surface area (Å²) in [6.45, 7) is -0.636. The SMILES string of the molecule is O=C(OC[C@H]1O[C@@H](Oc2ccccc2CO)[C@@H](O)[C@H](O)[C@H]1O)c1ccccc1. The van der Waals surface area contributed by atoms with E-state index >= 15 is 0 Å². The van der Waals surface area contributed by atoms with Gasteiger partial charge in [0.25, 0.3) is 0 Å². The molecule has 0 bridgehead atoms. The summed E-state index contributed by atoms with van der Waals surface area (Å²) >= 11 is 0. The lowest BCUT2D eigenvalue weighted by atomic mass is 9.99. The normalized spacial score (nSPS) is 27.2. The van der Waals surface area contributed by atoms with Crippen molar-refractivity contribution in [2.24, 2.45) is 0 Å². The molecule has 2 aromatic carbocycles. The van der Waals surface area contributed by atoms with Gasteiger partial charge in [0.1, 0.15) is 36.8 Å². The van der Waals surface area contributed by atoms with E-state index in [1.807, 2.05) is 0 Å². The summed E-state index contributed by atoms with van der Waals surface area (Å²) < 4.78 is 16.3. The van der Waals surface area contributed by atoms with E-state index in [4.69, 9.17) is 14.2 Å². The predicted molar refractivity (Wildman–Crippen MR) is 96.4 cm³/mol. The van der Waals surface area contributed by atoms with Crippen molar-refractivity contribution >= 4 is 5.97 Å². The summed E-state index contributed by atoms with van der Waals surface area (Å²) in [6, 6.07) is 14.9. The van der Waals surface area contributed by atoms with Crippen molar-refractivity contribution in [3.8, 4) is 5.75 Å². The van der Waals surface area contributed by atoms with Crippen molar-refractivity contribution in [3.05, 3.63) is 65.7 Å². The van der Waals surface area contributed by atoms with E-state index in [2.05, 4.69) is 0 Å². The van der Waals surface area contributed by atoms with Crippen LogP contribution in [0, 0.1) is 0 Å². The van der Waals surface area contributed by atoms with Gasteiger partial charge in [0.15, 0.2) is 0 Å². The van der Waals surface area contributed by atoms with Gasteiger partial charge in [-0.3, -0.25) is 0 Å². The number of hydrogen-bond donors (Lipinski definition) is 4. The summed E-state index contributed by atoms with van der Waals surface area (Å²) in [5, 5.41) is 39.8. The zero-order valence-electron chi connectivity index (χ0n) is 14.9. The van der Waals surface area contributed by atoms with Crippen molar-refractivity contribution in [2.45, 2.75) is 37.3 Å². The molecule has 1 aliphatic heterocycles. The third-order valence-corrected chi connectivity index (χ3v) is 4.44. The maximum absolute atomic E-state index is 12.1. The molecular formula is C20H22O8. The van der Waals surface area contributed by atoms with E-state index in [1.165, 1.54) is 0 Å². The fourth-order valence-corrected chi connectivity index (χ4v) is 2.84. The molecule has 0 amide bonds. The predicted octanol–water partition coefficient (Wildman–Crippen LogP) is 0.222. The van der Waals surface area contributed by atoms with Crippen LogP contribution in [0.5, 0.6) is 5.75 Å². The molecule has 28 heavy (non-hydrogen) atoms. The van der Waals surface area contributed by atoms with Gasteiger partial charge < -0.3 is 34.6 Å². The molecule has 0 saturated carbocycles. The molecule has 0 radical (unpaired) electrons. The fraction of sp³-hybridized carbons (Fsp3) is 0.350. The number of carbonyl (C=O) groups excluding carboxylic acids is 1. The van der Waals surface area contributed by atoms with Crippen LogP contribution in [0.3, 0.4) is 0 Å². The van der Waals surface area contributed by atoms with Gasteiger partial charge in [-0.05, 0) is 18.2 Å². The Morgan fingerprint density at radius 1 is 0.929 bits per heavy atom. The van der Waals surface area contributed by atoms with Crippen molar-refractivity contribution in [3.63, 3.8) is 0 Å². The van der Waals surface area contributed by atoms with E-state index in [9.17, 15) is 25.2 Å². The Morgan fingerprint density at radius 2 is 1.61 bits per heavy atom. The minimum absolute atomic E-state index is 0.262. The molecule has 0 spiro atoms. The molecule has 0 unspecified atom stereocenters. The Hall–Kier alpha value is -2.49. The number of esters is 1. The third kappa shape index (κ3) is 4.49. The van der Waals surface area contributed by atoms with Gasteiger partial charge in [0.05, 0.1) is 12.2 Å². The monoisotopic (exact) mass is 390 g/mol. The highest BCUT2D eigenvalue weighted by molar-refractivity contribution is 5.89. The lowest BCUT2D eigenvalue weighted by molar-refractivity contribution is -0.277. The summed E-state index contributed by atoms with van der Waals surface area (Å²) in [5.41, 5.74) is 0.795. The molecule has 8 heteroatoms. The highest BCUT2D eigenvalue weighted by Gasteiger charge is 2.45. The Kier molecular flexibility index (Phi) is 6.61. The summed E-state index contributed by atoms with van der Waals surface area (Å²) in [6.07, 6.45) is -7.03. The van der Waals surface area contributed by atoms with E-state index in [-0.39, 0.29) is 19.0 Å². The second kappa shape index (κ2) is 9.13. The molecule has 1 aliphatic rings. The van der Waals surface area contributed by atoms with Gasteiger partial charge in [-0.15, -0.1) is 0 Å². The minimum Gasteiger partial charge on any atom is -0.462 e. The standard InChI is InChI=1S/C20H22O8/c21-10-13-8-4-5-9-14(13)27-20-18(24)17(23)16(22)15(28-20)11-26-19(25)12-6-2-1-3-7-12/h1-9,15-18,20-24H,10-11H2/t15-,16+,17-,18+,20-/m1/s1. The molecule has 2 aromatic rings. The van der Waals surface area contributed by atoms with E-state index < -0.39 is 36.7 Å². The van der Waals surface area contributed by atoms with Crippen LogP contribution in [-0.2, 0) is 16.1 Å². The quantitative estimate of drug-likeness (QED) is 0.516. The first-order valence-electron chi connectivity index (χ1n) is 8.78. The molecule has 4 N–H and O–H groups in total. The number of benzene rings is 2. The lowest BCUT2D eigenvalue weighted by Gasteiger charge is -2.40. The Balaban J connectivity index is 1.67. The number of para-hydroxylation sites is 1. The molecule has 1 saturated heterocycles. The summed E-state index contributed by atoms with van der Waals surface area (Å²) in [7, 11) is 0. The lowest BCUT2D eigenvalue weighted by Crippen LogP contribution is -2.60. The van der Waals surface area contributed by atoms with E-state index in [0.717, 1.165) is 0 Å². The molecule has 0 aromatic heterocycles. The first-order chi connectivity index (χ1) is 13.5. The van der Waals surface area contributed by atoms with E-state index in [0.29, 0.717) is 11.1 Å². The number of aliphatic hydroxyl groups is 4. The number of hydrogen-bond acceptors (Lipinski definition) is 8. The van der Waals surface area contributed by atoms with Gasteiger partial charge in [0, 0.05) is 5.56 Å². The van der Waals surface area contributed by atoms with Crippen LogP contribution in [0.15, 0.2) is 54.6 Å². The number of rotatable bonds is 6. The molecule has 1 fully saturated rings. The molecule has 5 atom stereocenters. The second-order valence-corrected chi connectivity index (χ2v) is 6.36. The van der Waals surface area contributed by atoms with Gasteiger partial charge in [-0.25, -0.2) is 4.79 Å². The molecule has 3 rings (SSSR count). The average molecular weight is 390 g/mol. The van der Waals surface area contributed by atoms with Crippen LogP contribution >= 0.6 is 0 Å². The summed E-state index contributed by atoms with van der Waals surface area (Å²) in [5.74, 6) is -0.349. The summed E-state index contributed by atoms with van der Waals surface area (Å²) in [4.78, 5) is 12.1. The molecule has 8 nitrogen and oxygen atoms in total. The topological polar surface area (TPSA) is 126 Å². The first kappa shape index (κ1) is 20.2. The highest BCUT2D eigenvalue weighted by Crippen LogP contribution is 2.27. The van der Waals surface area contributed by atoms with Gasteiger partial charge in [0.2, 0.25) is 6.29 Å². The zero-order chi connectivity index (χ0) is 20.1. The zero-order valence-corrected chi connectivity index (χ0v) is 14.9. The number of ether oxygens (including phenoxy) is 3. The van der Waals surface area contributed by atoms with Gasteiger partial charge in [-0.2, -0.15) is 0 Å². The number of carbonyl (C=O) groups is 1. The van der Waals surface area contributed by atoms with Gasteiger partial charge >= 0.3 is 5.97 Å². The highest BCUT2D eigenvalue weighted by atomic mass is 16.7. The van der Waals surface area contributed by atoms with Crippen LogP contribution in [0.25, 0.3) is 0 Å². The maximum Gasteiger partial charge on any atom is 0.338 e. The molecule has 1 heterocycles. The Bertz CT molecular complexity index is 781. The molecular weight excluding hydrogens is 368 g/mol. The van der Waals surface area contributed by atoms with Crippen LogP contribution < -0.4 is 4.74 Å². The van der Waals surface area contributed by atoms with Gasteiger partial charge in [-0.1, -0.05) is 36.4 Å². The van der Waals surface area contributed by atoms with Crippen molar-refractivity contribution in [2.75, 3.05) is 6.61 Å². The van der Waals surface area contributed by atoms with Crippen LogP contribution in [-0.4, -0.2) is 63.7 Å². The average Bonchev–Trinajstić information content (AvgIpc) is 2.74. The fourth-order valence-electron chi connectivity index (χ4n) is 2.84. The molecule has 150 valence electrons. The van der Waals surface area contributed by atoms with Crippen molar-refractivity contribution in [1.82, 2.24) is 0 Å². The third-order valence-electron chi connectivity index (χ3n) is 4.44. The Labute approximate surface area is 161 Å². The number of aliphatic hydroxyl groups excluding tert-OH is 4. The molecule has 0 aliphatic carbocycles. The minimum atomic E-state index is -1.57. The maximum atomic E-state index is 12.1.